The number of carbonyl (C=O) groups excluding carboxylic acids is 1. The van der Waals surface area contributed by atoms with Gasteiger partial charge in [0.25, 0.3) is 0 Å². The molecule has 0 saturated heterocycles. The molecule has 7 nitrogen and oxygen atoms in total. The van der Waals surface area contributed by atoms with Gasteiger partial charge >= 0.3 is 0 Å². The van der Waals surface area contributed by atoms with Gasteiger partial charge in [-0.15, -0.1) is 10.2 Å². The number of furan rings is 1. The van der Waals surface area contributed by atoms with Crippen molar-refractivity contribution in [1.82, 2.24) is 20.1 Å². The number of fused-ring (bicyclic) bond motifs is 1. The van der Waals surface area contributed by atoms with E-state index in [-0.39, 0.29) is 11.9 Å². The van der Waals surface area contributed by atoms with Crippen LogP contribution in [0.3, 0.4) is 0 Å². The third-order valence-corrected chi connectivity index (χ3v) is 6.74. The molecule has 2 heterocycles. The fourth-order valence-corrected chi connectivity index (χ4v) is 4.89. The van der Waals surface area contributed by atoms with Crippen molar-refractivity contribution in [3.63, 3.8) is 0 Å². The summed E-state index contributed by atoms with van der Waals surface area (Å²) in [5.74, 6) is 2.90. The minimum Gasteiger partial charge on any atom is -0.493 e. The van der Waals surface area contributed by atoms with Crippen LogP contribution in [0.5, 0.6) is 5.75 Å². The second-order valence-electron chi connectivity index (χ2n) is 7.76. The first kappa shape index (κ1) is 20.8. The summed E-state index contributed by atoms with van der Waals surface area (Å²) in [5.41, 5.74) is 0.691. The number of carbonyl (C=O) groups is 1. The number of aromatic nitrogens is 3. The van der Waals surface area contributed by atoms with Gasteiger partial charge < -0.3 is 14.5 Å². The molecule has 1 aliphatic carbocycles. The number of thioether (sulfide) groups is 1. The number of benzene rings is 1. The average molecular weight is 429 g/mol. The van der Waals surface area contributed by atoms with E-state index in [9.17, 15) is 4.79 Å². The maximum Gasteiger partial charge on any atom is 0.230 e. The number of para-hydroxylation sites is 1. The predicted octanol–water partition coefficient (Wildman–Crippen LogP) is 4.51. The molecular formula is C22H28N4O3S. The van der Waals surface area contributed by atoms with Crippen LogP contribution in [-0.2, 0) is 11.3 Å². The molecule has 1 fully saturated rings. The molecule has 4 rings (SSSR count). The summed E-state index contributed by atoms with van der Waals surface area (Å²) in [5, 5.41) is 13.5. The number of methoxy groups -OCH3 is 1. The number of amides is 1. The third kappa shape index (κ3) is 4.19. The average Bonchev–Trinajstić information content (AvgIpc) is 3.37. The molecule has 1 amide bonds. The molecule has 1 N–H and O–H groups in total. The summed E-state index contributed by atoms with van der Waals surface area (Å²) in [6, 6.07) is 8.01. The van der Waals surface area contributed by atoms with E-state index in [1.54, 1.807) is 7.11 Å². The largest absolute Gasteiger partial charge is 0.493 e. The number of nitrogens with one attached hydrogen (secondary N) is 1. The lowest BCUT2D eigenvalue weighted by molar-refractivity contribution is -0.119. The van der Waals surface area contributed by atoms with E-state index >= 15 is 0 Å². The fraction of sp³-hybridized carbons (Fsp3) is 0.500. The summed E-state index contributed by atoms with van der Waals surface area (Å²) < 4.78 is 13.4. The van der Waals surface area contributed by atoms with Crippen molar-refractivity contribution < 1.29 is 13.9 Å². The van der Waals surface area contributed by atoms with Crippen LogP contribution in [0.4, 0.5) is 0 Å². The minimum absolute atomic E-state index is 0.0550. The van der Waals surface area contributed by atoms with E-state index in [0.717, 1.165) is 11.8 Å². The van der Waals surface area contributed by atoms with E-state index in [0.29, 0.717) is 46.3 Å². The molecule has 0 radical (unpaired) electrons. The summed E-state index contributed by atoms with van der Waals surface area (Å²) in [7, 11) is 1.62. The van der Waals surface area contributed by atoms with E-state index in [1.807, 2.05) is 35.8 Å². The Morgan fingerprint density at radius 3 is 2.93 bits per heavy atom. The molecule has 0 aliphatic heterocycles. The maximum atomic E-state index is 12.5. The quantitative estimate of drug-likeness (QED) is 0.558. The third-order valence-electron chi connectivity index (χ3n) is 5.77. The Hall–Kier alpha value is -2.48. The molecule has 30 heavy (non-hydrogen) atoms. The van der Waals surface area contributed by atoms with Crippen LogP contribution in [0.25, 0.3) is 22.6 Å². The van der Waals surface area contributed by atoms with Crippen molar-refractivity contribution in [1.29, 1.82) is 0 Å². The van der Waals surface area contributed by atoms with Crippen molar-refractivity contribution in [2.24, 2.45) is 5.92 Å². The Labute approximate surface area is 180 Å². The van der Waals surface area contributed by atoms with Crippen molar-refractivity contribution in [3.8, 4) is 17.3 Å². The van der Waals surface area contributed by atoms with Gasteiger partial charge in [-0.3, -0.25) is 9.36 Å². The number of nitrogens with zero attached hydrogens (tertiary/aromatic N) is 3. The molecule has 2 atom stereocenters. The lowest BCUT2D eigenvalue weighted by Gasteiger charge is -2.29. The number of ether oxygens (including phenoxy) is 1. The summed E-state index contributed by atoms with van der Waals surface area (Å²) in [6.07, 6.45) is 4.72. The van der Waals surface area contributed by atoms with Gasteiger partial charge in [0.1, 0.15) is 0 Å². The molecule has 3 aromatic rings. The summed E-state index contributed by atoms with van der Waals surface area (Å²) in [4.78, 5) is 12.5. The van der Waals surface area contributed by atoms with Crippen molar-refractivity contribution in [2.45, 2.75) is 57.3 Å². The van der Waals surface area contributed by atoms with E-state index < -0.39 is 0 Å². The zero-order chi connectivity index (χ0) is 21.1. The van der Waals surface area contributed by atoms with Gasteiger partial charge in [-0.1, -0.05) is 43.7 Å². The molecule has 1 aliphatic rings. The number of rotatable bonds is 7. The standard InChI is InChI=1S/C22H28N4O3S/c1-4-26-21(18-12-15-9-7-11-17(28-3)20(15)29-18)24-25-22(26)30-13-19(27)23-16-10-6-5-8-14(16)2/h7,9,11-12,14,16H,4-6,8,10,13H2,1-3H3,(H,23,27)/t14-,16+/m1/s1. The Bertz CT molecular complexity index is 1030. The molecule has 2 aromatic heterocycles. The van der Waals surface area contributed by atoms with Crippen LogP contribution in [0.1, 0.15) is 39.5 Å². The van der Waals surface area contributed by atoms with Crippen LogP contribution in [0, 0.1) is 5.92 Å². The first-order valence-electron chi connectivity index (χ1n) is 10.5. The summed E-state index contributed by atoms with van der Waals surface area (Å²) in [6.45, 7) is 4.93. The predicted molar refractivity (Wildman–Crippen MR) is 118 cm³/mol. The molecule has 0 spiro atoms. The smallest absolute Gasteiger partial charge is 0.230 e. The molecule has 8 heteroatoms. The number of hydrogen-bond acceptors (Lipinski definition) is 6. The highest BCUT2D eigenvalue weighted by molar-refractivity contribution is 7.99. The van der Waals surface area contributed by atoms with Gasteiger partial charge in [0.05, 0.1) is 12.9 Å². The van der Waals surface area contributed by atoms with Crippen LogP contribution in [0.15, 0.2) is 33.8 Å². The van der Waals surface area contributed by atoms with Gasteiger partial charge in [-0.2, -0.15) is 0 Å². The topological polar surface area (TPSA) is 82.2 Å². The molecule has 0 bridgehead atoms. The second kappa shape index (κ2) is 9.12. The Morgan fingerprint density at radius 2 is 2.17 bits per heavy atom. The van der Waals surface area contributed by atoms with Gasteiger partial charge in [-0.25, -0.2) is 0 Å². The Kier molecular flexibility index (Phi) is 6.32. The highest BCUT2D eigenvalue weighted by atomic mass is 32.2. The first-order valence-corrected chi connectivity index (χ1v) is 11.5. The Balaban J connectivity index is 1.48. The van der Waals surface area contributed by atoms with Crippen molar-refractivity contribution in [2.75, 3.05) is 12.9 Å². The molecule has 1 aromatic carbocycles. The van der Waals surface area contributed by atoms with E-state index in [4.69, 9.17) is 9.15 Å². The van der Waals surface area contributed by atoms with Crippen molar-refractivity contribution >= 4 is 28.6 Å². The zero-order valence-electron chi connectivity index (χ0n) is 17.7. The Morgan fingerprint density at radius 1 is 1.33 bits per heavy atom. The lowest BCUT2D eigenvalue weighted by atomic mass is 9.86. The fourth-order valence-electron chi connectivity index (χ4n) is 4.08. The molecule has 0 unspecified atom stereocenters. The molecular weight excluding hydrogens is 400 g/mol. The maximum absolute atomic E-state index is 12.5. The highest BCUT2D eigenvalue weighted by Gasteiger charge is 2.23. The van der Waals surface area contributed by atoms with Crippen LogP contribution >= 0.6 is 11.8 Å². The van der Waals surface area contributed by atoms with E-state index in [1.165, 1.54) is 31.0 Å². The molecule has 1 saturated carbocycles. The van der Waals surface area contributed by atoms with Crippen LogP contribution in [0.2, 0.25) is 0 Å². The highest BCUT2D eigenvalue weighted by Crippen LogP contribution is 2.33. The zero-order valence-corrected chi connectivity index (χ0v) is 18.5. The minimum atomic E-state index is 0.0550. The first-order chi connectivity index (χ1) is 14.6. The van der Waals surface area contributed by atoms with Crippen LogP contribution in [-0.4, -0.2) is 39.6 Å². The molecule has 160 valence electrons. The monoisotopic (exact) mass is 428 g/mol. The second-order valence-corrected chi connectivity index (χ2v) is 8.71. The van der Waals surface area contributed by atoms with Gasteiger partial charge in [0, 0.05) is 18.0 Å². The number of hydrogen-bond donors (Lipinski definition) is 1. The summed E-state index contributed by atoms with van der Waals surface area (Å²) >= 11 is 1.41. The van der Waals surface area contributed by atoms with E-state index in [2.05, 4.69) is 22.4 Å². The van der Waals surface area contributed by atoms with Gasteiger partial charge in [0.2, 0.25) is 11.7 Å². The van der Waals surface area contributed by atoms with Crippen LogP contribution < -0.4 is 10.1 Å². The normalized spacial score (nSPS) is 19.2. The van der Waals surface area contributed by atoms with Crippen molar-refractivity contribution in [3.05, 3.63) is 24.3 Å². The lowest BCUT2D eigenvalue weighted by Crippen LogP contribution is -2.41. The SMILES string of the molecule is CCn1c(SCC(=O)N[C@H]2CCCC[C@H]2C)nnc1-c1cc2cccc(OC)c2o1. The van der Waals surface area contributed by atoms with Gasteiger partial charge in [0.15, 0.2) is 22.2 Å². The van der Waals surface area contributed by atoms with Gasteiger partial charge in [-0.05, 0) is 37.8 Å².